The summed E-state index contributed by atoms with van der Waals surface area (Å²) in [5.41, 5.74) is 3.73. The number of nitrogens with zero attached hydrogens (tertiary/aromatic N) is 2. The van der Waals surface area contributed by atoms with Crippen LogP contribution in [0.15, 0.2) is 29.5 Å². The summed E-state index contributed by atoms with van der Waals surface area (Å²) in [6.45, 7) is 6.95. The molecule has 1 heterocycles. The van der Waals surface area contributed by atoms with Gasteiger partial charge in [0, 0.05) is 36.2 Å². The molecule has 0 bridgehead atoms. The zero-order valence-electron chi connectivity index (χ0n) is 20.6. The number of nitriles is 1. The van der Waals surface area contributed by atoms with Crippen molar-refractivity contribution >= 4 is 29.1 Å². The Labute approximate surface area is 207 Å². The molecule has 1 aromatic carbocycles. The molecule has 3 fully saturated rings. The zero-order chi connectivity index (χ0) is 24.4. The maximum Gasteiger partial charge on any atom is 0.228 e. The van der Waals surface area contributed by atoms with Gasteiger partial charge in [0.2, 0.25) is 11.8 Å². The second-order valence-corrected chi connectivity index (χ2v) is 12.0. The quantitative estimate of drug-likeness (QED) is 0.553. The van der Waals surface area contributed by atoms with Gasteiger partial charge in [-0.1, -0.05) is 31.0 Å². The molecule has 3 aliphatic carbocycles. The molecule has 0 spiro atoms. The van der Waals surface area contributed by atoms with E-state index in [2.05, 4.69) is 32.2 Å². The Morgan fingerprint density at radius 2 is 1.97 bits per heavy atom. The number of halogens is 1. The van der Waals surface area contributed by atoms with E-state index in [1.54, 1.807) is 18.2 Å². The summed E-state index contributed by atoms with van der Waals surface area (Å²) >= 11 is 6.19. The van der Waals surface area contributed by atoms with Crippen LogP contribution >= 0.6 is 11.6 Å². The number of benzene rings is 1. The molecule has 4 aliphatic rings. The van der Waals surface area contributed by atoms with Crippen molar-refractivity contribution in [1.29, 1.82) is 5.26 Å². The lowest BCUT2D eigenvalue weighted by Crippen LogP contribution is -2.54. The van der Waals surface area contributed by atoms with Crippen LogP contribution in [0.5, 0.6) is 0 Å². The molecule has 34 heavy (non-hydrogen) atoms. The van der Waals surface area contributed by atoms with E-state index in [4.69, 9.17) is 16.9 Å². The summed E-state index contributed by atoms with van der Waals surface area (Å²) < 4.78 is 0. The molecule has 1 aliphatic heterocycles. The van der Waals surface area contributed by atoms with E-state index in [0.29, 0.717) is 40.4 Å². The Morgan fingerprint density at radius 3 is 2.68 bits per heavy atom. The summed E-state index contributed by atoms with van der Waals surface area (Å²) in [6, 6.07) is 7.14. The molecule has 5 rings (SSSR count). The lowest BCUT2D eigenvalue weighted by atomic mass is 9.48. The van der Waals surface area contributed by atoms with E-state index in [9.17, 15) is 9.59 Å². The topological polar surface area (TPSA) is 73.2 Å². The first-order chi connectivity index (χ1) is 16.1. The summed E-state index contributed by atoms with van der Waals surface area (Å²) in [5.74, 6) is 1.94. The number of hydrogen-bond donors (Lipinski definition) is 1. The number of anilines is 1. The highest BCUT2D eigenvalue weighted by molar-refractivity contribution is 6.32. The number of allylic oxidation sites excluding steroid dienone is 2. The first-order valence-corrected chi connectivity index (χ1v) is 12.9. The van der Waals surface area contributed by atoms with Crippen molar-refractivity contribution in [2.75, 3.05) is 12.4 Å². The fourth-order valence-electron chi connectivity index (χ4n) is 8.45. The summed E-state index contributed by atoms with van der Waals surface area (Å²) in [7, 11) is 1.96. The molecule has 2 amide bonds. The SMILES string of the molecule is CC1=C2N(C)C(=O)CC[C@]2(C)[C@@H]2CC[C@]3(C)C(C(=O)Nc4ccc(C#N)c(Cl)c4)CC[C@H]3[C@@H]2C1. The zero-order valence-corrected chi connectivity index (χ0v) is 21.3. The van der Waals surface area contributed by atoms with Crippen LogP contribution in [0, 0.1) is 45.8 Å². The van der Waals surface area contributed by atoms with Gasteiger partial charge in [0.05, 0.1) is 10.6 Å². The minimum Gasteiger partial charge on any atom is -0.326 e. The van der Waals surface area contributed by atoms with Crippen molar-refractivity contribution < 1.29 is 9.59 Å². The molecular formula is C28H34ClN3O2. The summed E-state index contributed by atoms with van der Waals surface area (Å²) in [5, 5.41) is 12.6. The molecule has 1 aromatic rings. The Bertz CT molecular complexity index is 1140. The molecule has 6 atom stereocenters. The summed E-state index contributed by atoms with van der Waals surface area (Å²) in [4.78, 5) is 27.9. The first kappa shape index (κ1) is 23.4. The molecule has 1 N–H and O–H groups in total. The highest BCUT2D eigenvalue weighted by Crippen LogP contribution is 2.66. The highest BCUT2D eigenvalue weighted by atomic mass is 35.5. The van der Waals surface area contributed by atoms with Gasteiger partial charge in [0.15, 0.2) is 0 Å². The minimum atomic E-state index is -0.0260. The van der Waals surface area contributed by atoms with Crippen LogP contribution in [-0.4, -0.2) is 23.8 Å². The largest absolute Gasteiger partial charge is 0.326 e. The number of likely N-dealkylation sites (tertiary alicyclic amines) is 1. The number of piperidine rings is 1. The van der Waals surface area contributed by atoms with E-state index in [0.717, 1.165) is 38.5 Å². The van der Waals surface area contributed by atoms with Crippen LogP contribution in [0.25, 0.3) is 0 Å². The molecule has 2 saturated carbocycles. The molecule has 180 valence electrons. The van der Waals surface area contributed by atoms with E-state index < -0.39 is 0 Å². The number of nitrogens with one attached hydrogen (secondary N) is 1. The Kier molecular flexibility index (Phi) is 5.60. The van der Waals surface area contributed by atoms with Gasteiger partial charge in [-0.25, -0.2) is 0 Å². The number of carbonyl (C=O) groups excluding carboxylic acids is 2. The van der Waals surface area contributed by atoms with E-state index in [1.165, 1.54) is 11.3 Å². The average molecular weight is 480 g/mol. The fraction of sp³-hybridized carbons (Fsp3) is 0.607. The monoisotopic (exact) mass is 479 g/mol. The van der Waals surface area contributed by atoms with Crippen LogP contribution in [0.1, 0.15) is 71.3 Å². The number of carbonyl (C=O) groups is 2. The molecule has 0 radical (unpaired) electrons. The van der Waals surface area contributed by atoms with Crippen LogP contribution < -0.4 is 5.32 Å². The molecular weight excluding hydrogens is 446 g/mol. The van der Waals surface area contributed by atoms with Gasteiger partial charge < -0.3 is 10.2 Å². The van der Waals surface area contributed by atoms with Crippen LogP contribution in [0.4, 0.5) is 5.69 Å². The Morgan fingerprint density at radius 1 is 1.21 bits per heavy atom. The van der Waals surface area contributed by atoms with Gasteiger partial charge in [0.1, 0.15) is 6.07 Å². The van der Waals surface area contributed by atoms with Crippen LogP contribution in [0.2, 0.25) is 5.02 Å². The van der Waals surface area contributed by atoms with Gasteiger partial charge in [-0.05, 0) is 86.8 Å². The number of hydrogen-bond acceptors (Lipinski definition) is 3. The molecule has 6 heteroatoms. The molecule has 1 saturated heterocycles. The number of fused-ring (bicyclic) bond motifs is 5. The third-order valence-electron chi connectivity index (χ3n) is 9.98. The second kappa shape index (κ2) is 8.12. The lowest BCUT2D eigenvalue weighted by molar-refractivity contribution is -0.137. The Hall–Kier alpha value is -2.32. The highest BCUT2D eigenvalue weighted by Gasteiger charge is 2.61. The standard InChI is InChI=1S/C28H34ClN3O2/c1-16-13-19-20-7-8-22(26(34)31-18-6-5-17(15-30)23(29)14-18)27(20,2)11-9-21(19)28(3)12-10-24(33)32(4)25(16)28/h5-6,14,19-22H,7-13H2,1-4H3,(H,31,34)/t19-,20-,21+,22?,27-,28+/m0/s1. The first-order valence-electron chi connectivity index (χ1n) is 12.6. The van der Waals surface area contributed by atoms with Crippen molar-refractivity contribution in [2.24, 2.45) is 34.5 Å². The van der Waals surface area contributed by atoms with Crippen molar-refractivity contribution in [3.8, 4) is 6.07 Å². The Balaban J connectivity index is 1.40. The van der Waals surface area contributed by atoms with Crippen molar-refractivity contribution in [1.82, 2.24) is 4.90 Å². The third-order valence-corrected chi connectivity index (χ3v) is 10.3. The number of amides is 2. The maximum absolute atomic E-state index is 13.5. The van der Waals surface area contributed by atoms with Gasteiger partial charge in [-0.15, -0.1) is 0 Å². The predicted octanol–water partition coefficient (Wildman–Crippen LogP) is 6.15. The second-order valence-electron chi connectivity index (χ2n) is 11.6. The van der Waals surface area contributed by atoms with E-state index >= 15 is 0 Å². The van der Waals surface area contributed by atoms with E-state index in [-0.39, 0.29) is 28.6 Å². The fourth-order valence-corrected chi connectivity index (χ4v) is 8.68. The third kappa shape index (κ3) is 3.33. The van der Waals surface area contributed by atoms with Crippen molar-refractivity contribution in [3.63, 3.8) is 0 Å². The van der Waals surface area contributed by atoms with Crippen molar-refractivity contribution in [2.45, 2.75) is 65.7 Å². The van der Waals surface area contributed by atoms with Crippen molar-refractivity contribution in [3.05, 3.63) is 40.1 Å². The van der Waals surface area contributed by atoms with Crippen LogP contribution in [-0.2, 0) is 9.59 Å². The van der Waals surface area contributed by atoms with Gasteiger partial charge in [-0.3, -0.25) is 9.59 Å². The molecule has 0 aromatic heterocycles. The minimum absolute atomic E-state index is 0.0217. The van der Waals surface area contributed by atoms with Gasteiger partial charge in [-0.2, -0.15) is 5.26 Å². The number of rotatable bonds is 2. The van der Waals surface area contributed by atoms with Crippen LogP contribution in [0.3, 0.4) is 0 Å². The lowest BCUT2D eigenvalue weighted by Gasteiger charge is -2.59. The molecule has 5 nitrogen and oxygen atoms in total. The molecule has 1 unspecified atom stereocenters. The maximum atomic E-state index is 13.5. The summed E-state index contributed by atoms with van der Waals surface area (Å²) in [6.07, 6.45) is 6.75. The normalized spacial score (nSPS) is 36.9. The van der Waals surface area contributed by atoms with Gasteiger partial charge in [0.25, 0.3) is 0 Å². The van der Waals surface area contributed by atoms with E-state index in [1.807, 2.05) is 11.9 Å². The predicted molar refractivity (Wildman–Crippen MR) is 133 cm³/mol. The van der Waals surface area contributed by atoms with Gasteiger partial charge >= 0.3 is 0 Å². The smallest absolute Gasteiger partial charge is 0.228 e. The average Bonchev–Trinajstić information content (AvgIpc) is 3.14.